The molecule has 0 spiro atoms. The summed E-state index contributed by atoms with van der Waals surface area (Å²) < 4.78 is 7.73. The molecule has 3 heterocycles. The molecule has 6 heteroatoms. The number of aryl methyl sites for hydroxylation is 2. The molecule has 23 heavy (non-hydrogen) atoms. The highest BCUT2D eigenvalue weighted by atomic mass is 16.5. The zero-order valence-electron chi connectivity index (χ0n) is 13.9. The minimum atomic E-state index is -0.186. The van der Waals surface area contributed by atoms with Gasteiger partial charge in [-0.2, -0.15) is 5.10 Å². The van der Waals surface area contributed by atoms with Crippen LogP contribution in [0.25, 0.3) is 0 Å². The Kier molecular flexibility index (Phi) is 4.52. The summed E-state index contributed by atoms with van der Waals surface area (Å²) >= 11 is 0. The number of amides is 1. The van der Waals surface area contributed by atoms with Crippen LogP contribution in [0.3, 0.4) is 0 Å². The molecule has 1 aliphatic rings. The Balaban J connectivity index is 1.65. The molecule has 0 aliphatic carbocycles. The van der Waals surface area contributed by atoms with Crippen molar-refractivity contribution in [2.75, 3.05) is 13.2 Å². The molecule has 2 atom stereocenters. The number of nitrogens with one attached hydrogen (secondary N) is 2. The SMILES string of the molecule is Cc1nn(C)c(C)c1[C@H]1OCC[C@@H]1C(=O)NCCc1ccc[nH]1. The normalized spacial score (nSPS) is 20.8. The van der Waals surface area contributed by atoms with Gasteiger partial charge in [-0.15, -0.1) is 0 Å². The number of aromatic nitrogens is 3. The van der Waals surface area contributed by atoms with Crippen molar-refractivity contribution in [3.8, 4) is 0 Å². The summed E-state index contributed by atoms with van der Waals surface area (Å²) in [4.78, 5) is 15.7. The van der Waals surface area contributed by atoms with E-state index < -0.39 is 0 Å². The van der Waals surface area contributed by atoms with E-state index in [4.69, 9.17) is 4.74 Å². The van der Waals surface area contributed by atoms with E-state index in [2.05, 4.69) is 15.4 Å². The lowest BCUT2D eigenvalue weighted by Crippen LogP contribution is -2.34. The maximum Gasteiger partial charge on any atom is 0.226 e. The van der Waals surface area contributed by atoms with E-state index in [1.165, 1.54) is 0 Å². The van der Waals surface area contributed by atoms with Gasteiger partial charge >= 0.3 is 0 Å². The summed E-state index contributed by atoms with van der Waals surface area (Å²) in [7, 11) is 1.92. The lowest BCUT2D eigenvalue weighted by Gasteiger charge is -2.19. The third-order valence-electron chi connectivity index (χ3n) is 4.63. The number of H-pyrrole nitrogens is 1. The Bertz CT molecular complexity index is 675. The van der Waals surface area contributed by atoms with E-state index in [1.54, 1.807) is 0 Å². The maximum absolute atomic E-state index is 12.6. The lowest BCUT2D eigenvalue weighted by molar-refractivity contribution is -0.126. The van der Waals surface area contributed by atoms with Gasteiger partial charge in [-0.3, -0.25) is 9.48 Å². The molecule has 0 unspecified atom stereocenters. The highest BCUT2D eigenvalue weighted by molar-refractivity contribution is 5.79. The van der Waals surface area contributed by atoms with Crippen LogP contribution in [-0.4, -0.2) is 33.8 Å². The lowest BCUT2D eigenvalue weighted by atomic mass is 9.93. The second kappa shape index (κ2) is 6.58. The molecule has 0 saturated carbocycles. The third kappa shape index (κ3) is 3.17. The van der Waals surface area contributed by atoms with Gasteiger partial charge in [0.2, 0.25) is 5.91 Å². The second-order valence-corrected chi connectivity index (χ2v) is 6.13. The molecule has 0 aromatic carbocycles. The molecule has 1 amide bonds. The highest BCUT2D eigenvalue weighted by Crippen LogP contribution is 2.37. The molecule has 2 aromatic heterocycles. The summed E-state index contributed by atoms with van der Waals surface area (Å²) in [5.74, 6) is -0.0676. The first-order valence-electron chi connectivity index (χ1n) is 8.09. The van der Waals surface area contributed by atoms with Crippen LogP contribution in [0, 0.1) is 19.8 Å². The third-order valence-corrected chi connectivity index (χ3v) is 4.63. The van der Waals surface area contributed by atoms with Crippen molar-refractivity contribution in [2.24, 2.45) is 13.0 Å². The number of carbonyl (C=O) groups is 1. The fourth-order valence-electron chi connectivity index (χ4n) is 3.32. The number of hydrogen-bond donors (Lipinski definition) is 2. The first kappa shape index (κ1) is 15.8. The van der Waals surface area contributed by atoms with Crippen LogP contribution in [0.4, 0.5) is 0 Å². The first-order valence-corrected chi connectivity index (χ1v) is 8.09. The van der Waals surface area contributed by atoms with E-state index in [0.29, 0.717) is 13.2 Å². The smallest absolute Gasteiger partial charge is 0.226 e. The number of rotatable bonds is 5. The summed E-state index contributed by atoms with van der Waals surface area (Å²) in [5.41, 5.74) is 4.21. The molecule has 0 bridgehead atoms. The van der Waals surface area contributed by atoms with Gasteiger partial charge in [0.15, 0.2) is 0 Å². The molecule has 1 saturated heterocycles. The molecule has 2 N–H and O–H groups in total. The van der Waals surface area contributed by atoms with E-state index in [1.807, 2.05) is 43.9 Å². The topological polar surface area (TPSA) is 71.9 Å². The fourth-order valence-corrected chi connectivity index (χ4v) is 3.32. The molecule has 0 radical (unpaired) electrons. The van der Waals surface area contributed by atoms with Crippen LogP contribution in [0.2, 0.25) is 0 Å². The maximum atomic E-state index is 12.6. The number of nitrogens with zero attached hydrogens (tertiary/aromatic N) is 2. The number of ether oxygens (including phenoxy) is 1. The number of aromatic amines is 1. The highest BCUT2D eigenvalue weighted by Gasteiger charge is 2.37. The van der Waals surface area contributed by atoms with Crippen LogP contribution >= 0.6 is 0 Å². The van der Waals surface area contributed by atoms with E-state index in [-0.39, 0.29) is 17.9 Å². The van der Waals surface area contributed by atoms with Crippen LogP contribution in [-0.2, 0) is 23.0 Å². The zero-order chi connectivity index (χ0) is 16.4. The quantitative estimate of drug-likeness (QED) is 0.883. The number of carbonyl (C=O) groups excluding carboxylic acids is 1. The Morgan fingerprint density at radius 2 is 2.35 bits per heavy atom. The van der Waals surface area contributed by atoms with Gasteiger partial charge in [-0.25, -0.2) is 0 Å². The predicted octanol–water partition coefficient (Wildman–Crippen LogP) is 1.80. The van der Waals surface area contributed by atoms with Gasteiger partial charge in [-0.05, 0) is 32.4 Å². The van der Waals surface area contributed by atoms with Gasteiger partial charge in [-0.1, -0.05) is 0 Å². The van der Waals surface area contributed by atoms with Crippen molar-refractivity contribution in [3.63, 3.8) is 0 Å². The summed E-state index contributed by atoms with van der Waals surface area (Å²) in [6, 6.07) is 3.99. The molecule has 1 aliphatic heterocycles. The Hall–Kier alpha value is -2.08. The summed E-state index contributed by atoms with van der Waals surface area (Å²) in [6.07, 6.45) is 3.27. The van der Waals surface area contributed by atoms with Crippen molar-refractivity contribution >= 4 is 5.91 Å². The average Bonchev–Trinajstić information content (AvgIpc) is 3.22. The van der Waals surface area contributed by atoms with E-state index >= 15 is 0 Å². The Morgan fingerprint density at radius 3 is 3.00 bits per heavy atom. The molecular formula is C17H24N4O2. The zero-order valence-corrected chi connectivity index (χ0v) is 13.9. The van der Waals surface area contributed by atoms with Crippen molar-refractivity contribution in [3.05, 3.63) is 41.0 Å². The predicted molar refractivity (Wildman–Crippen MR) is 87.0 cm³/mol. The molecule has 2 aromatic rings. The van der Waals surface area contributed by atoms with Gasteiger partial charge < -0.3 is 15.0 Å². The van der Waals surface area contributed by atoms with Crippen molar-refractivity contribution < 1.29 is 9.53 Å². The van der Waals surface area contributed by atoms with Crippen LogP contribution in [0.15, 0.2) is 18.3 Å². The average molecular weight is 316 g/mol. The molecule has 1 fully saturated rings. The minimum absolute atomic E-state index is 0.0710. The van der Waals surface area contributed by atoms with Gasteiger partial charge in [0.1, 0.15) is 0 Å². The minimum Gasteiger partial charge on any atom is -0.373 e. The van der Waals surface area contributed by atoms with Crippen LogP contribution < -0.4 is 5.32 Å². The van der Waals surface area contributed by atoms with Gasteiger partial charge in [0.05, 0.1) is 17.7 Å². The number of hydrogen-bond acceptors (Lipinski definition) is 3. The summed E-state index contributed by atoms with van der Waals surface area (Å²) in [5, 5.41) is 7.49. The molecule has 6 nitrogen and oxygen atoms in total. The van der Waals surface area contributed by atoms with Crippen LogP contribution in [0.1, 0.15) is 35.2 Å². The van der Waals surface area contributed by atoms with Gasteiger partial charge in [0.25, 0.3) is 0 Å². The Morgan fingerprint density at radius 1 is 1.52 bits per heavy atom. The largest absolute Gasteiger partial charge is 0.373 e. The first-order chi connectivity index (χ1) is 11.1. The van der Waals surface area contributed by atoms with E-state index in [9.17, 15) is 4.79 Å². The van der Waals surface area contributed by atoms with Crippen molar-refractivity contribution in [1.82, 2.24) is 20.1 Å². The van der Waals surface area contributed by atoms with E-state index in [0.717, 1.165) is 35.5 Å². The van der Waals surface area contributed by atoms with Gasteiger partial charge in [0, 0.05) is 49.8 Å². The molecule has 3 rings (SSSR count). The molecule has 124 valence electrons. The Labute approximate surface area is 136 Å². The van der Waals surface area contributed by atoms with Crippen molar-refractivity contribution in [1.29, 1.82) is 0 Å². The molecular weight excluding hydrogens is 292 g/mol. The second-order valence-electron chi connectivity index (χ2n) is 6.13. The monoisotopic (exact) mass is 316 g/mol. The standard InChI is InChI=1S/C17H24N4O2/c1-11-15(12(2)21(3)20-11)16-14(7-10-23-16)17(22)19-9-6-13-5-4-8-18-13/h4-5,8,14,16,18H,6-7,9-10H2,1-3H3,(H,19,22)/t14-,16-/m0/s1. The summed E-state index contributed by atoms with van der Waals surface area (Å²) in [6.45, 7) is 5.25. The fraction of sp³-hybridized carbons (Fsp3) is 0.529. The van der Waals surface area contributed by atoms with Crippen molar-refractivity contribution in [2.45, 2.75) is 32.8 Å². The van der Waals surface area contributed by atoms with Crippen LogP contribution in [0.5, 0.6) is 0 Å².